The summed E-state index contributed by atoms with van der Waals surface area (Å²) in [6.07, 6.45) is 8.45. The summed E-state index contributed by atoms with van der Waals surface area (Å²) in [7, 11) is 0. The zero-order valence-electron chi connectivity index (χ0n) is 16.0. The summed E-state index contributed by atoms with van der Waals surface area (Å²) in [5.41, 5.74) is 11.7. The molecule has 0 spiro atoms. The highest BCUT2D eigenvalue weighted by molar-refractivity contribution is 6.11. The molecule has 0 saturated carbocycles. The van der Waals surface area contributed by atoms with Gasteiger partial charge in [-0.15, -0.1) is 0 Å². The van der Waals surface area contributed by atoms with Crippen molar-refractivity contribution in [2.24, 2.45) is 5.73 Å². The van der Waals surface area contributed by atoms with Crippen LogP contribution in [0.2, 0.25) is 0 Å². The van der Waals surface area contributed by atoms with Crippen LogP contribution in [0.4, 0.5) is 0 Å². The normalized spacial score (nSPS) is 11.4. The minimum atomic E-state index is 0.316. The van der Waals surface area contributed by atoms with Crippen molar-refractivity contribution >= 4 is 17.1 Å². The molecule has 1 aromatic heterocycles. The first-order valence-corrected chi connectivity index (χ1v) is 9.14. The molecule has 0 saturated heterocycles. The molecule has 1 heterocycles. The van der Waals surface area contributed by atoms with Crippen molar-refractivity contribution in [1.29, 1.82) is 10.8 Å². The fourth-order valence-corrected chi connectivity index (χ4v) is 2.78. The van der Waals surface area contributed by atoms with Gasteiger partial charge in [0.1, 0.15) is 0 Å². The number of nitrogens with one attached hydrogen (secondary N) is 2. The Morgan fingerprint density at radius 1 is 0.828 bits per heavy atom. The molecule has 4 heteroatoms. The van der Waals surface area contributed by atoms with Crippen molar-refractivity contribution in [2.75, 3.05) is 0 Å². The van der Waals surface area contributed by atoms with Gasteiger partial charge in [-0.25, -0.2) is 0 Å². The molecular weight excluding hydrogens is 356 g/mol. The van der Waals surface area contributed by atoms with Crippen LogP contribution in [0.15, 0.2) is 104 Å². The molecule has 3 aromatic rings. The predicted molar refractivity (Wildman–Crippen MR) is 121 cm³/mol. The van der Waals surface area contributed by atoms with Gasteiger partial charge in [0.2, 0.25) is 0 Å². The predicted octanol–water partition coefficient (Wildman–Crippen LogP) is 5.23. The van der Waals surface area contributed by atoms with Gasteiger partial charge in [0.25, 0.3) is 0 Å². The van der Waals surface area contributed by atoms with E-state index < -0.39 is 0 Å². The Morgan fingerprint density at radius 3 is 2.03 bits per heavy atom. The molecule has 142 valence electrons. The standard InChI is InChI=1S/C25H22N4/c1-2-3-6-22(26)18-8-10-19(11-9-18)23(27)17-24(28)20-12-14-21(15-13-20)25-7-4-5-16-29-25/h2-17,26-27H,1,28H2/b6-3-,24-17-,26-22?,27-23?. The van der Waals surface area contributed by atoms with Crippen LogP contribution in [-0.2, 0) is 0 Å². The van der Waals surface area contributed by atoms with Gasteiger partial charge < -0.3 is 16.6 Å². The lowest BCUT2D eigenvalue weighted by Gasteiger charge is -2.06. The second kappa shape index (κ2) is 9.24. The highest BCUT2D eigenvalue weighted by Crippen LogP contribution is 2.19. The Balaban J connectivity index is 1.74. The van der Waals surface area contributed by atoms with E-state index in [2.05, 4.69) is 11.6 Å². The third-order valence-corrected chi connectivity index (χ3v) is 4.38. The van der Waals surface area contributed by atoms with Crippen LogP contribution in [0, 0.1) is 10.8 Å². The van der Waals surface area contributed by atoms with Gasteiger partial charge in [-0.1, -0.05) is 73.3 Å². The molecule has 3 rings (SSSR count). The lowest BCUT2D eigenvalue weighted by atomic mass is 10.0. The van der Waals surface area contributed by atoms with Crippen molar-refractivity contribution in [2.45, 2.75) is 0 Å². The maximum atomic E-state index is 8.33. The number of allylic oxidation sites excluding steroid dienone is 4. The Hall–Kier alpha value is -4.05. The molecule has 0 aliphatic carbocycles. The van der Waals surface area contributed by atoms with Crippen LogP contribution in [0.25, 0.3) is 17.0 Å². The fourth-order valence-electron chi connectivity index (χ4n) is 2.78. The maximum absolute atomic E-state index is 8.33. The van der Waals surface area contributed by atoms with E-state index in [-0.39, 0.29) is 0 Å². The van der Waals surface area contributed by atoms with E-state index in [1.165, 1.54) is 0 Å². The number of nitrogens with two attached hydrogens (primary N) is 1. The van der Waals surface area contributed by atoms with Gasteiger partial charge in [0, 0.05) is 17.5 Å². The van der Waals surface area contributed by atoms with E-state index in [0.29, 0.717) is 17.1 Å². The van der Waals surface area contributed by atoms with Crippen molar-refractivity contribution < 1.29 is 0 Å². The quantitative estimate of drug-likeness (QED) is 0.388. The Labute approximate surface area is 170 Å². The summed E-state index contributed by atoms with van der Waals surface area (Å²) in [4.78, 5) is 4.34. The second-order valence-corrected chi connectivity index (χ2v) is 6.39. The number of benzene rings is 2. The molecule has 0 bridgehead atoms. The summed E-state index contributed by atoms with van der Waals surface area (Å²) < 4.78 is 0. The summed E-state index contributed by atoms with van der Waals surface area (Å²) >= 11 is 0. The first-order valence-electron chi connectivity index (χ1n) is 9.14. The first kappa shape index (κ1) is 19.7. The summed E-state index contributed by atoms with van der Waals surface area (Å²) in [6, 6.07) is 20.9. The van der Waals surface area contributed by atoms with Crippen LogP contribution in [0.5, 0.6) is 0 Å². The van der Waals surface area contributed by atoms with Crippen molar-refractivity contribution in [3.8, 4) is 11.3 Å². The third-order valence-electron chi connectivity index (χ3n) is 4.38. The molecule has 29 heavy (non-hydrogen) atoms. The number of nitrogens with zero attached hydrogens (tertiary/aromatic N) is 1. The van der Waals surface area contributed by atoms with E-state index in [0.717, 1.165) is 27.9 Å². The van der Waals surface area contributed by atoms with Crippen molar-refractivity contribution in [3.05, 3.63) is 121 Å². The largest absolute Gasteiger partial charge is 0.398 e. The zero-order valence-corrected chi connectivity index (χ0v) is 16.0. The molecule has 0 unspecified atom stereocenters. The van der Waals surface area contributed by atoms with Gasteiger partial charge in [-0.05, 0) is 41.0 Å². The molecular formula is C25H22N4. The SMILES string of the molecule is C=C/C=C\C(=N)c1ccc(C(=N)/C=C(\N)c2ccc(-c3ccccn3)cc2)cc1. The van der Waals surface area contributed by atoms with Crippen LogP contribution in [-0.4, -0.2) is 16.4 Å². The smallest absolute Gasteiger partial charge is 0.0701 e. The van der Waals surface area contributed by atoms with Gasteiger partial charge in [-0.2, -0.15) is 0 Å². The molecule has 4 nitrogen and oxygen atoms in total. The Morgan fingerprint density at radius 2 is 1.45 bits per heavy atom. The average Bonchev–Trinajstić information content (AvgIpc) is 2.78. The molecule has 0 fully saturated rings. The second-order valence-electron chi connectivity index (χ2n) is 6.39. The Kier molecular flexibility index (Phi) is 6.28. The highest BCUT2D eigenvalue weighted by Gasteiger charge is 2.05. The van der Waals surface area contributed by atoms with Gasteiger partial charge in [-0.3, -0.25) is 4.98 Å². The number of aromatic nitrogens is 1. The topological polar surface area (TPSA) is 86.6 Å². The lowest BCUT2D eigenvalue weighted by Crippen LogP contribution is -2.03. The number of hydrogen-bond acceptors (Lipinski definition) is 4. The van der Waals surface area contributed by atoms with Crippen LogP contribution < -0.4 is 5.73 Å². The minimum absolute atomic E-state index is 0.316. The molecule has 0 aliphatic heterocycles. The molecule has 0 radical (unpaired) electrons. The number of pyridine rings is 1. The van der Waals surface area contributed by atoms with E-state index in [9.17, 15) is 0 Å². The van der Waals surface area contributed by atoms with E-state index in [1.807, 2.05) is 66.7 Å². The van der Waals surface area contributed by atoms with E-state index in [1.54, 1.807) is 30.5 Å². The van der Waals surface area contributed by atoms with Crippen molar-refractivity contribution in [3.63, 3.8) is 0 Å². The van der Waals surface area contributed by atoms with Crippen LogP contribution in [0.3, 0.4) is 0 Å². The third kappa shape index (κ3) is 5.02. The molecule has 0 atom stereocenters. The van der Waals surface area contributed by atoms with Gasteiger partial charge >= 0.3 is 0 Å². The summed E-state index contributed by atoms with van der Waals surface area (Å²) in [5, 5.41) is 16.3. The maximum Gasteiger partial charge on any atom is 0.0701 e. The summed E-state index contributed by atoms with van der Waals surface area (Å²) in [5.74, 6) is 0. The Bertz CT molecular complexity index is 1070. The molecule has 4 N–H and O–H groups in total. The minimum Gasteiger partial charge on any atom is -0.398 e. The highest BCUT2D eigenvalue weighted by atomic mass is 14.7. The molecule has 2 aromatic carbocycles. The van der Waals surface area contributed by atoms with Crippen LogP contribution >= 0.6 is 0 Å². The van der Waals surface area contributed by atoms with E-state index in [4.69, 9.17) is 16.6 Å². The van der Waals surface area contributed by atoms with Crippen molar-refractivity contribution in [1.82, 2.24) is 4.98 Å². The summed E-state index contributed by atoms with van der Waals surface area (Å²) in [6.45, 7) is 3.60. The monoisotopic (exact) mass is 378 g/mol. The molecule has 0 aliphatic rings. The van der Waals surface area contributed by atoms with E-state index >= 15 is 0 Å². The first-order chi connectivity index (χ1) is 14.1. The van der Waals surface area contributed by atoms with Gasteiger partial charge in [0.05, 0.1) is 17.1 Å². The van der Waals surface area contributed by atoms with Crippen LogP contribution in [0.1, 0.15) is 16.7 Å². The van der Waals surface area contributed by atoms with Gasteiger partial charge in [0.15, 0.2) is 0 Å². The lowest BCUT2D eigenvalue weighted by molar-refractivity contribution is 1.32. The average molecular weight is 378 g/mol. The fraction of sp³-hybridized carbons (Fsp3) is 0. The number of hydrogen-bond donors (Lipinski definition) is 3. The number of rotatable bonds is 7. The molecule has 0 amide bonds. The zero-order chi connectivity index (χ0) is 20.6.